The first-order chi connectivity index (χ1) is 32.0. The lowest BCUT2D eigenvalue weighted by Crippen LogP contribution is -2.43. The average molecular weight is 832 g/mol. The monoisotopic (exact) mass is 831 g/mol. The lowest BCUT2D eigenvalue weighted by Gasteiger charge is -2.50. The molecule has 1 aromatic heterocycles. The number of para-hydroxylation sites is 2. The molecule has 0 amide bonds. The lowest BCUT2D eigenvalue weighted by molar-refractivity contribution is 0.427. The van der Waals surface area contributed by atoms with Gasteiger partial charge in [0, 0.05) is 38.8 Å². The molecule has 4 nitrogen and oxygen atoms in total. The molecule has 1 aliphatic heterocycles. The van der Waals surface area contributed by atoms with Crippen LogP contribution in [0.3, 0.4) is 0 Å². The van der Waals surface area contributed by atoms with Gasteiger partial charge in [0.2, 0.25) is 0 Å². The van der Waals surface area contributed by atoms with E-state index >= 15 is 0 Å². The molecule has 1 aliphatic carbocycles. The summed E-state index contributed by atoms with van der Waals surface area (Å²) in [6.07, 6.45) is 0. The van der Waals surface area contributed by atoms with Crippen molar-refractivity contribution in [3.05, 3.63) is 246 Å². The van der Waals surface area contributed by atoms with Crippen molar-refractivity contribution in [2.45, 2.75) is 24.7 Å². The molecule has 0 bridgehead atoms. The summed E-state index contributed by atoms with van der Waals surface area (Å²) in [4.78, 5) is 15.9. The Morgan fingerprint density at radius 1 is 0.323 bits per heavy atom. The van der Waals surface area contributed by atoms with Crippen LogP contribution in [0.25, 0.3) is 77.6 Å². The second-order valence-electron chi connectivity index (χ2n) is 17.8. The van der Waals surface area contributed by atoms with Crippen molar-refractivity contribution >= 4 is 32.3 Å². The van der Waals surface area contributed by atoms with Gasteiger partial charge in [-0.3, -0.25) is 0 Å². The third-order valence-electron chi connectivity index (χ3n) is 14.1. The number of hydrogen-bond donors (Lipinski definition) is 0. The van der Waals surface area contributed by atoms with Crippen molar-refractivity contribution in [1.82, 2.24) is 15.0 Å². The molecule has 306 valence electrons. The first kappa shape index (κ1) is 37.4. The minimum atomic E-state index is -0.635. The Labute approximate surface area is 377 Å². The van der Waals surface area contributed by atoms with Crippen molar-refractivity contribution < 1.29 is 4.74 Å². The Kier molecular flexibility index (Phi) is 8.13. The van der Waals surface area contributed by atoms with E-state index in [2.05, 4.69) is 208 Å². The minimum absolute atomic E-state index is 0.213. The predicted octanol–water partition coefficient (Wildman–Crippen LogP) is 15.1. The normalized spacial score (nSPS) is 14.1. The number of nitrogens with zero attached hydrogens (tertiary/aromatic N) is 3. The summed E-state index contributed by atoms with van der Waals surface area (Å²) in [7, 11) is 0. The molecule has 65 heavy (non-hydrogen) atoms. The maximum atomic E-state index is 7.20. The molecule has 0 radical (unpaired) electrons. The number of hydrogen-bond acceptors (Lipinski definition) is 4. The number of aromatic nitrogens is 3. The zero-order chi connectivity index (χ0) is 43.3. The van der Waals surface area contributed by atoms with Gasteiger partial charge >= 0.3 is 0 Å². The maximum Gasteiger partial charge on any atom is 0.164 e. The molecule has 0 fully saturated rings. The van der Waals surface area contributed by atoms with Gasteiger partial charge < -0.3 is 4.74 Å². The molecule has 0 unspecified atom stereocenters. The summed E-state index contributed by atoms with van der Waals surface area (Å²) < 4.78 is 7.20. The van der Waals surface area contributed by atoms with Crippen LogP contribution in [-0.2, 0) is 10.8 Å². The third-order valence-corrected chi connectivity index (χ3v) is 14.1. The van der Waals surface area contributed by atoms with Gasteiger partial charge in [-0.05, 0) is 72.3 Å². The number of benzene rings is 10. The third kappa shape index (κ3) is 5.41. The van der Waals surface area contributed by atoms with Gasteiger partial charge in [0.1, 0.15) is 11.5 Å². The largest absolute Gasteiger partial charge is 0.456 e. The summed E-state index contributed by atoms with van der Waals surface area (Å²) in [5.74, 6) is 3.49. The van der Waals surface area contributed by atoms with Crippen LogP contribution < -0.4 is 4.74 Å². The summed E-state index contributed by atoms with van der Waals surface area (Å²) in [6.45, 7) is 4.70. The van der Waals surface area contributed by atoms with Gasteiger partial charge in [0.25, 0.3) is 0 Å². The van der Waals surface area contributed by atoms with Gasteiger partial charge in [-0.25, -0.2) is 15.0 Å². The van der Waals surface area contributed by atoms with Crippen LogP contribution >= 0.6 is 0 Å². The maximum absolute atomic E-state index is 7.20. The topological polar surface area (TPSA) is 47.9 Å². The molecule has 2 aliphatic rings. The molecule has 2 heterocycles. The molecule has 11 aromatic rings. The summed E-state index contributed by atoms with van der Waals surface area (Å²) in [6, 6.07) is 75.9. The Balaban J connectivity index is 1.05. The van der Waals surface area contributed by atoms with Crippen molar-refractivity contribution in [1.29, 1.82) is 0 Å². The van der Waals surface area contributed by atoms with E-state index in [-0.39, 0.29) is 5.41 Å². The number of ether oxygens (including phenoxy) is 1. The van der Waals surface area contributed by atoms with E-state index in [1.165, 1.54) is 49.2 Å². The van der Waals surface area contributed by atoms with E-state index in [4.69, 9.17) is 19.7 Å². The van der Waals surface area contributed by atoms with Crippen molar-refractivity contribution in [2.24, 2.45) is 0 Å². The lowest BCUT2D eigenvalue weighted by atomic mass is 9.53. The molecule has 0 N–H and O–H groups in total. The molecule has 0 atom stereocenters. The van der Waals surface area contributed by atoms with Crippen LogP contribution in [0.4, 0.5) is 0 Å². The highest BCUT2D eigenvalue weighted by Gasteiger charge is 2.53. The Morgan fingerprint density at radius 3 is 1.45 bits per heavy atom. The Hall–Kier alpha value is -8.21. The minimum Gasteiger partial charge on any atom is -0.456 e. The van der Waals surface area contributed by atoms with E-state index < -0.39 is 5.41 Å². The molecule has 0 saturated carbocycles. The molecular formula is C61H41N3O. The molecule has 13 rings (SSSR count). The zero-order valence-corrected chi connectivity index (χ0v) is 36.0. The van der Waals surface area contributed by atoms with Crippen LogP contribution in [0.1, 0.15) is 47.2 Å². The molecule has 0 saturated heterocycles. The van der Waals surface area contributed by atoms with Crippen molar-refractivity contribution in [2.75, 3.05) is 0 Å². The van der Waals surface area contributed by atoms with Crippen LogP contribution in [0.5, 0.6) is 11.5 Å². The van der Waals surface area contributed by atoms with E-state index in [1.807, 2.05) is 18.2 Å². The fourth-order valence-corrected chi connectivity index (χ4v) is 11.2. The van der Waals surface area contributed by atoms with E-state index in [9.17, 15) is 0 Å². The van der Waals surface area contributed by atoms with Gasteiger partial charge in [-0.2, -0.15) is 0 Å². The van der Waals surface area contributed by atoms with Crippen molar-refractivity contribution in [3.63, 3.8) is 0 Å². The first-order valence-corrected chi connectivity index (χ1v) is 22.4. The van der Waals surface area contributed by atoms with Gasteiger partial charge in [0.05, 0.1) is 5.41 Å². The fraction of sp³-hybridized carbons (Fsp3) is 0.0656. The quantitative estimate of drug-likeness (QED) is 0.166. The van der Waals surface area contributed by atoms with E-state index in [1.54, 1.807) is 0 Å². The SMILES string of the molecule is CC1(C)c2ccccc2C2(c3ccccc3Oc3c(-c4ccccc4-c4nc(-c5ccccc5)nc(-c5ccc6c7ccccc7c7ccccc7c6c5)n4)cccc32)c2ccccc21. The smallest absolute Gasteiger partial charge is 0.164 e. The molecular weight excluding hydrogens is 791 g/mol. The van der Waals surface area contributed by atoms with Crippen LogP contribution in [0.15, 0.2) is 212 Å². The predicted molar refractivity (Wildman–Crippen MR) is 265 cm³/mol. The summed E-state index contributed by atoms with van der Waals surface area (Å²) in [5, 5.41) is 7.26. The fourth-order valence-electron chi connectivity index (χ4n) is 11.2. The highest BCUT2D eigenvalue weighted by Crippen LogP contribution is 2.62. The van der Waals surface area contributed by atoms with Gasteiger partial charge in [-0.1, -0.05) is 214 Å². The number of rotatable bonds is 4. The molecule has 4 heteroatoms. The highest BCUT2D eigenvalue weighted by atomic mass is 16.5. The average Bonchev–Trinajstić information content (AvgIpc) is 3.37. The van der Waals surface area contributed by atoms with E-state index in [0.717, 1.165) is 55.8 Å². The van der Waals surface area contributed by atoms with Gasteiger partial charge in [0.15, 0.2) is 17.5 Å². The van der Waals surface area contributed by atoms with Gasteiger partial charge in [-0.15, -0.1) is 0 Å². The van der Waals surface area contributed by atoms with Crippen LogP contribution in [0.2, 0.25) is 0 Å². The Morgan fingerprint density at radius 2 is 0.785 bits per heavy atom. The van der Waals surface area contributed by atoms with Crippen LogP contribution in [0, 0.1) is 0 Å². The second kappa shape index (κ2) is 14.2. The highest BCUT2D eigenvalue weighted by molar-refractivity contribution is 6.25. The first-order valence-electron chi connectivity index (χ1n) is 22.4. The zero-order valence-electron chi connectivity index (χ0n) is 36.0. The molecule has 10 aromatic carbocycles. The summed E-state index contributed by atoms with van der Waals surface area (Å²) >= 11 is 0. The second-order valence-corrected chi connectivity index (χ2v) is 17.8. The number of fused-ring (bicyclic) bond motifs is 14. The Bertz CT molecular complexity index is 3660. The summed E-state index contributed by atoms with van der Waals surface area (Å²) in [5.41, 5.74) is 11.3. The van der Waals surface area contributed by atoms with E-state index in [0.29, 0.717) is 17.5 Å². The standard InChI is InChI=1S/C61H41N3O/c1-60(2)49-28-12-14-30-51(49)61(52-31-15-13-29-50(52)60)53-32-16-17-34-55(53)65-56-46(27-18-33-54(56)61)44-25-10-11-26-47(44)59-63-57(38-19-4-3-5-20-38)62-58(64-59)39-35-36-45-42-23-7-6-21-40(42)41-22-8-9-24-43(41)48(45)37-39/h3-37H,1-2H3. The van der Waals surface area contributed by atoms with Crippen molar-refractivity contribution in [3.8, 4) is 56.8 Å². The molecule has 1 spiro atoms. The van der Waals surface area contributed by atoms with Crippen LogP contribution in [-0.4, -0.2) is 15.0 Å².